The third kappa shape index (κ3) is 4.74. The van der Waals surface area contributed by atoms with E-state index in [4.69, 9.17) is 0 Å². The molecule has 5 heteroatoms. The van der Waals surface area contributed by atoms with Crippen LogP contribution >= 0.6 is 0 Å². The summed E-state index contributed by atoms with van der Waals surface area (Å²) in [6, 6.07) is 19.5. The van der Waals surface area contributed by atoms with Crippen molar-refractivity contribution in [2.45, 2.75) is 25.8 Å². The minimum atomic E-state index is -0.0324. The molecule has 1 fully saturated rings. The second kappa shape index (κ2) is 8.78. The first kappa shape index (κ1) is 19.0. The molecule has 2 heterocycles. The maximum atomic E-state index is 12.5. The number of carbonyl (C=O) groups is 2. The Balaban J connectivity index is 1.31. The van der Waals surface area contributed by atoms with Crippen molar-refractivity contribution in [1.29, 1.82) is 0 Å². The second-order valence-corrected chi connectivity index (χ2v) is 7.41. The van der Waals surface area contributed by atoms with E-state index < -0.39 is 0 Å². The molecule has 0 unspecified atom stereocenters. The Hall–Kier alpha value is -3.34. The van der Waals surface area contributed by atoms with Crippen molar-refractivity contribution in [2.24, 2.45) is 0 Å². The molecular weight excluding hydrogens is 362 g/mol. The van der Waals surface area contributed by atoms with Crippen LogP contribution in [-0.4, -0.2) is 34.4 Å². The van der Waals surface area contributed by atoms with Gasteiger partial charge in [-0.3, -0.25) is 9.59 Å². The average molecular weight is 387 g/mol. The predicted molar refractivity (Wildman–Crippen MR) is 113 cm³/mol. The molecule has 2 amide bonds. The van der Waals surface area contributed by atoms with Gasteiger partial charge >= 0.3 is 0 Å². The Morgan fingerprint density at radius 1 is 0.862 bits per heavy atom. The Morgan fingerprint density at radius 3 is 2.31 bits per heavy atom. The highest BCUT2D eigenvalue weighted by Gasteiger charge is 2.19. The summed E-state index contributed by atoms with van der Waals surface area (Å²) in [4.78, 5) is 26.8. The van der Waals surface area contributed by atoms with Crippen LogP contribution in [0.3, 0.4) is 0 Å². The van der Waals surface area contributed by atoms with Crippen molar-refractivity contribution in [3.63, 3.8) is 0 Å². The molecule has 1 N–H and O–H groups in total. The summed E-state index contributed by atoms with van der Waals surface area (Å²) < 4.78 is 2.03. The van der Waals surface area contributed by atoms with Crippen LogP contribution < -0.4 is 5.32 Å². The van der Waals surface area contributed by atoms with Gasteiger partial charge in [-0.1, -0.05) is 24.3 Å². The zero-order chi connectivity index (χ0) is 20.1. The van der Waals surface area contributed by atoms with Crippen LogP contribution in [0.5, 0.6) is 0 Å². The summed E-state index contributed by atoms with van der Waals surface area (Å²) in [7, 11) is 0. The molecule has 0 spiro atoms. The van der Waals surface area contributed by atoms with Crippen molar-refractivity contribution < 1.29 is 9.59 Å². The fraction of sp³-hybridized carbons (Fsp3) is 0.250. The molecule has 0 atom stereocenters. The minimum absolute atomic E-state index is 0.0324. The van der Waals surface area contributed by atoms with Crippen molar-refractivity contribution in [2.75, 3.05) is 13.1 Å². The molecule has 5 nitrogen and oxygen atoms in total. The van der Waals surface area contributed by atoms with Gasteiger partial charge in [-0.15, -0.1) is 0 Å². The van der Waals surface area contributed by atoms with Gasteiger partial charge in [0, 0.05) is 43.3 Å². The summed E-state index contributed by atoms with van der Waals surface area (Å²) >= 11 is 0. The summed E-state index contributed by atoms with van der Waals surface area (Å²) in [6.07, 6.45) is 6.47. The van der Waals surface area contributed by atoms with Gasteiger partial charge in [0.05, 0.1) is 6.42 Å². The molecule has 0 aliphatic carbocycles. The van der Waals surface area contributed by atoms with Gasteiger partial charge in [-0.2, -0.15) is 0 Å². The lowest BCUT2D eigenvalue weighted by Crippen LogP contribution is -2.28. The van der Waals surface area contributed by atoms with Crippen molar-refractivity contribution in [3.05, 3.63) is 89.7 Å². The zero-order valence-corrected chi connectivity index (χ0v) is 16.4. The third-order valence-electron chi connectivity index (χ3n) is 5.26. The lowest BCUT2D eigenvalue weighted by Gasteiger charge is -2.15. The number of amides is 2. The SMILES string of the molecule is O=C(Cc1ccc(-n2cccc2)cc1)NCc1cccc(C(=O)N2CCCC2)c1. The Labute approximate surface area is 171 Å². The lowest BCUT2D eigenvalue weighted by molar-refractivity contribution is -0.120. The highest BCUT2D eigenvalue weighted by atomic mass is 16.2. The number of nitrogens with one attached hydrogen (secondary N) is 1. The molecule has 1 saturated heterocycles. The number of carbonyl (C=O) groups excluding carboxylic acids is 2. The van der Waals surface area contributed by atoms with Crippen LogP contribution in [0.1, 0.15) is 34.3 Å². The fourth-order valence-corrected chi connectivity index (χ4v) is 3.66. The molecule has 2 aromatic carbocycles. The van der Waals surface area contributed by atoms with Gasteiger partial charge in [0.15, 0.2) is 0 Å². The molecule has 3 aromatic rings. The van der Waals surface area contributed by atoms with E-state index in [0.717, 1.165) is 42.7 Å². The molecule has 0 saturated carbocycles. The smallest absolute Gasteiger partial charge is 0.253 e. The minimum Gasteiger partial charge on any atom is -0.352 e. The number of hydrogen-bond donors (Lipinski definition) is 1. The summed E-state index contributed by atoms with van der Waals surface area (Å²) in [6.45, 7) is 2.09. The van der Waals surface area contributed by atoms with Gasteiger partial charge in [-0.05, 0) is 60.4 Å². The maximum absolute atomic E-state index is 12.5. The molecule has 29 heavy (non-hydrogen) atoms. The summed E-state index contributed by atoms with van der Waals surface area (Å²) in [5, 5.41) is 2.96. The number of likely N-dealkylation sites (tertiary alicyclic amines) is 1. The van der Waals surface area contributed by atoms with Crippen LogP contribution in [0.15, 0.2) is 73.1 Å². The van der Waals surface area contributed by atoms with E-state index in [1.54, 1.807) is 0 Å². The standard InChI is InChI=1S/C24H25N3O2/c28-23(17-19-8-10-22(11-9-19)26-12-1-2-13-26)25-18-20-6-5-7-21(16-20)24(29)27-14-3-4-15-27/h1-2,5-13,16H,3-4,14-15,17-18H2,(H,25,28). The largest absolute Gasteiger partial charge is 0.352 e. The number of hydrogen-bond acceptors (Lipinski definition) is 2. The van der Waals surface area contributed by atoms with Gasteiger partial charge < -0.3 is 14.8 Å². The van der Waals surface area contributed by atoms with E-state index in [1.165, 1.54) is 0 Å². The third-order valence-corrected chi connectivity index (χ3v) is 5.26. The lowest BCUT2D eigenvalue weighted by atomic mass is 10.1. The van der Waals surface area contributed by atoms with E-state index in [9.17, 15) is 9.59 Å². The number of nitrogens with zero attached hydrogens (tertiary/aromatic N) is 2. The monoisotopic (exact) mass is 387 g/mol. The molecule has 0 radical (unpaired) electrons. The first-order valence-electron chi connectivity index (χ1n) is 10.1. The number of benzene rings is 2. The van der Waals surface area contributed by atoms with Gasteiger partial charge in [-0.25, -0.2) is 0 Å². The normalized spacial score (nSPS) is 13.4. The number of rotatable bonds is 6. The van der Waals surface area contributed by atoms with E-state index in [2.05, 4.69) is 5.32 Å². The Kier molecular flexibility index (Phi) is 5.75. The molecule has 0 bridgehead atoms. The zero-order valence-electron chi connectivity index (χ0n) is 16.4. The van der Waals surface area contributed by atoms with Crippen LogP contribution in [0.25, 0.3) is 5.69 Å². The summed E-state index contributed by atoms with van der Waals surface area (Å²) in [5.41, 5.74) is 3.67. The molecular formula is C24H25N3O2. The van der Waals surface area contributed by atoms with E-state index in [-0.39, 0.29) is 11.8 Å². The van der Waals surface area contributed by atoms with Gasteiger partial charge in [0.1, 0.15) is 0 Å². The fourth-order valence-electron chi connectivity index (χ4n) is 3.66. The van der Waals surface area contributed by atoms with E-state index in [1.807, 2.05) is 82.5 Å². The topological polar surface area (TPSA) is 54.3 Å². The quantitative estimate of drug-likeness (QED) is 0.703. The van der Waals surface area contributed by atoms with Gasteiger partial charge in [0.2, 0.25) is 5.91 Å². The van der Waals surface area contributed by atoms with Crippen LogP contribution in [-0.2, 0) is 17.8 Å². The van der Waals surface area contributed by atoms with Crippen LogP contribution in [0.4, 0.5) is 0 Å². The van der Waals surface area contributed by atoms with Crippen molar-refractivity contribution >= 4 is 11.8 Å². The number of aromatic nitrogens is 1. The molecule has 1 aliphatic heterocycles. The van der Waals surface area contributed by atoms with Crippen LogP contribution in [0.2, 0.25) is 0 Å². The second-order valence-electron chi connectivity index (χ2n) is 7.41. The molecule has 148 valence electrons. The Morgan fingerprint density at radius 2 is 1.59 bits per heavy atom. The predicted octanol–water partition coefficient (Wildman–Crippen LogP) is 3.57. The van der Waals surface area contributed by atoms with Gasteiger partial charge in [0.25, 0.3) is 5.91 Å². The van der Waals surface area contributed by atoms with Crippen molar-refractivity contribution in [1.82, 2.24) is 14.8 Å². The Bertz CT molecular complexity index is 972. The maximum Gasteiger partial charge on any atom is 0.253 e. The van der Waals surface area contributed by atoms with E-state index in [0.29, 0.717) is 18.5 Å². The molecule has 1 aliphatic rings. The molecule has 4 rings (SSSR count). The first-order chi connectivity index (χ1) is 14.2. The molecule has 1 aromatic heterocycles. The highest BCUT2D eigenvalue weighted by Crippen LogP contribution is 2.14. The van der Waals surface area contributed by atoms with Crippen LogP contribution in [0, 0.1) is 0 Å². The first-order valence-corrected chi connectivity index (χ1v) is 10.1. The summed E-state index contributed by atoms with van der Waals surface area (Å²) in [5.74, 6) is 0.0495. The average Bonchev–Trinajstić information content (AvgIpc) is 3.47. The van der Waals surface area contributed by atoms with E-state index >= 15 is 0 Å². The highest BCUT2D eigenvalue weighted by molar-refractivity contribution is 5.94. The van der Waals surface area contributed by atoms with Crippen molar-refractivity contribution in [3.8, 4) is 5.69 Å².